The number of carbonyl (C=O) groups is 1. The molecule has 0 aromatic heterocycles. The first-order chi connectivity index (χ1) is 12.5. The summed E-state index contributed by atoms with van der Waals surface area (Å²) in [6.45, 7) is 2.47. The van der Waals surface area contributed by atoms with Crippen molar-refractivity contribution in [3.05, 3.63) is 34.9 Å². The molecule has 2 heterocycles. The van der Waals surface area contributed by atoms with Crippen molar-refractivity contribution >= 4 is 27.7 Å². The van der Waals surface area contributed by atoms with Gasteiger partial charge in [0.2, 0.25) is 5.91 Å². The summed E-state index contributed by atoms with van der Waals surface area (Å²) in [5.74, 6) is -0.0879. The maximum absolute atomic E-state index is 13.0. The van der Waals surface area contributed by atoms with Crippen molar-refractivity contribution in [2.75, 3.05) is 32.7 Å². The Morgan fingerprint density at radius 3 is 2.27 bits per heavy atom. The highest BCUT2D eigenvalue weighted by molar-refractivity contribution is 7.86. The lowest BCUT2D eigenvalue weighted by Crippen LogP contribution is -2.52. The van der Waals surface area contributed by atoms with Gasteiger partial charge in [0.1, 0.15) is 0 Å². The third kappa shape index (κ3) is 4.57. The lowest BCUT2D eigenvalue weighted by Gasteiger charge is -2.35. The van der Waals surface area contributed by atoms with Gasteiger partial charge in [0.15, 0.2) is 0 Å². The summed E-state index contributed by atoms with van der Waals surface area (Å²) in [5.41, 5.74) is 0.776. The molecule has 0 aliphatic carbocycles. The molecule has 26 heavy (non-hydrogen) atoms. The quantitative estimate of drug-likeness (QED) is 0.781. The fourth-order valence-corrected chi connectivity index (χ4v) is 5.34. The van der Waals surface area contributed by atoms with Crippen LogP contribution >= 0.6 is 11.6 Å². The highest BCUT2D eigenvalue weighted by Crippen LogP contribution is 2.23. The average molecular weight is 400 g/mol. The Bertz CT molecular complexity index is 733. The van der Waals surface area contributed by atoms with Crippen molar-refractivity contribution in [1.29, 1.82) is 0 Å². The summed E-state index contributed by atoms with van der Waals surface area (Å²) in [4.78, 5) is 14.4. The van der Waals surface area contributed by atoms with Crippen molar-refractivity contribution in [3.63, 3.8) is 0 Å². The Labute approximate surface area is 160 Å². The number of halogens is 1. The summed E-state index contributed by atoms with van der Waals surface area (Å²) in [5, 5.41) is 0.556. The molecule has 0 unspecified atom stereocenters. The standard InChI is InChI=1S/C18H26ClN3O3S/c19-17-9-4-3-8-16(17)14-21-12-7-13-22(26(21,24)25)15-18(23)20-10-5-1-2-6-11-20/h3-4,8-9H,1-2,5-7,10-15H2. The van der Waals surface area contributed by atoms with Crippen LogP contribution in [0.15, 0.2) is 24.3 Å². The van der Waals surface area contributed by atoms with E-state index in [1.54, 1.807) is 6.07 Å². The number of hydrogen-bond donors (Lipinski definition) is 0. The van der Waals surface area contributed by atoms with Crippen LogP contribution in [0.25, 0.3) is 0 Å². The van der Waals surface area contributed by atoms with Crippen LogP contribution in [-0.4, -0.2) is 60.6 Å². The van der Waals surface area contributed by atoms with Crippen molar-refractivity contribution in [2.45, 2.75) is 38.6 Å². The van der Waals surface area contributed by atoms with Crippen molar-refractivity contribution < 1.29 is 13.2 Å². The molecule has 144 valence electrons. The number of hydrogen-bond acceptors (Lipinski definition) is 3. The number of amides is 1. The summed E-state index contributed by atoms with van der Waals surface area (Å²) < 4.78 is 28.6. The Hall–Kier alpha value is -1.15. The van der Waals surface area contributed by atoms with Crippen molar-refractivity contribution in [2.24, 2.45) is 0 Å². The van der Waals surface area contributed by atoms with Gasteiger partial charge in [-0.3, -0.25) is 4.79 Å². The third-order valence-corrected chi connectivity index (χ3v) is 7.34. The molecule has 0 atom stereocenters. The molecule has 2 fully saturated rings. The SMILES string of the molecule is O=C(CN1CCCN(Cc2ccccc2Cl)S1(=O)=O)N1CCCCCC1. The molecule has 8 heteroatoms. The minimum atomic E-state index is -3.66. The zero-order valence-electron chi connectivity index (χ0n) is 14.9. The van der Waals surface area contributed by atoms with Crippen LogP contribution in [0, 0.1) is 0 Å². The Balaban J connectivity index is 1.68. The fourth-order valence-electron chi connectivity index (χ4n) is 3.53. The van der Waals surface area contributed by atoms with Crippen LogP contribution in [0.2, 0.25) is 5.02 Å². The van der Waals surface area contributed by atoms with Crippen LogP contribution < -0.4 is 0 Å². The predicted molar refractivity (Wildman–Crippen MR) is 102 cm³/mol. The molecule has 6 nitrogen and oxygen atoms in total. The Morgan fingerprint density at radius 2 is 1.58 bits per heavy atom. The molecule has 3 rings (SSSR count). The summed E-state index contributed by atoms with van der Waals surface area (Å²) in [6, 6.07) is 7.26. The van der Waals surface area contributed by atoms with Gasteiger partial charge in [-0.25, -0.2) is 0 Å². The molecule has 0 spiro atoms. The Kier molecular flexibility index (Phi) is 6.55. The van der Waals surface area contributed by atoms with Gasteiger partial charge in [0.05, 0.1) is 6.54 Å². The minimum absolute atomic E-state index is 0.0681. The second kappa shape index (κ2) is 8.69. The van der Waals surface area contributed by atoms with E-state index < -0.39 is 10.2 Å². The molecule has 1 aromatic carbocycles. The highest BCUT2D eigenvalue weighted by atomic mass is 35.5. The molecular weight excluding hydrogens is 374 g/mol. The molecule has 2 saturated heterocycles. The van der Waals surface area contributed by atoms with E-state index in [4.69, 9.17) is 11.6 Å². The predicted octanol–water partition coefficient (Wildman–Crippen LogP) is 2.50. The van der Waals surface area contributed by atoms with Gasteiger partial charge in [-0.05, 0) is 30.9 Å². The fraction of sp³-hybridized carbons (Fsp3) is 0.611. The van der Waals surface area contributed by atoms with Gasteiger partial charge >= 0.3 is 0 Å². The van der Waals surface area contributed by atoms with E-state index >= 15 is 0 Å². The maximum Gasteiger partial charge on any atom is 0.282 e. The zero-order chi connectivity index (χ0) is 18.6. The van der Waals surface area contributed by atoms with Crippen LogP contribution in [0.3, 0.4) is 0 Å². The summed E-state index contributed by atoms with van der Waals surface area (Å²) in [6.07, 6.45) is 4.97. The number of nitrogens with zero attached hydrogens (tertiary/aromatic N) is 3. The summed E-state index contributed by atoms with van der Waals surface area (Å²) in [7, 11) is -3.66. The van der Waals surface area contributed by atoms with E-state index in [9.17, 15) is 13.2 Å². The molecule has 2 aliphatic heterocycles. The van der Waals surface area contributed by atoms with Gasteiger partial charge in [-0.15, -0.1) is 0 Å². The van der Waals surface area contributed by atoms with Gasteiger partial charge < -0.3 is 4.90 Å². The van der Waals surface area contributed by atoms with Gasteiger partial charge in [0.25, 0.3) is 10.2 Å². The first kappa shape index (κ1) is 19.6. The first-order valence-electron chi connectivity index (χ1n) is 9.25. The second-order valence-electron chi connectivity index (χ2n) is 6.91. The van der Waals surface area contributed by atoms with Crippen LogP contribution in [0.5, 0.6) is 0 Å². The average Bonchev–Trinajstić information content (AvgIpc) is 2.90. The van der Waals surface area contributed by atoms with Gasteiger partial charge in [-0.2, -0.15) is 17.0 Å². The topological polar surface area (TPSA) is 60.9 Å². The minimum Gasteiger partial charge on any atom is -0.342 e. The van der Waals surface area contributed by atoms with E-state index in [2.05, 4.69) is 0 Å². The Morgan fingerprint density at radius 1 is 0.923 bits per heavy atom. The van der Waals surface area contributed by atoms with E-state index in [0.717, 1.165) is 44.3 Å². The zero-order valence-corrected chi connectivity index (χ0v) is 16.5. The highest BCUT2D eigenvalue weighted by Gasteiger charge is 2.35. The first-order valence-corrected chi connectivity index (χ1v) is 11.0. The smallest absolute Gasteiger partial charge is 0.282 e. The van der Waals surface area contributed by atoms with Gasteiger partial charge in [-0.1, -0.05) is 42.6 Å². The lowest BCUT2D eigenvalue weighted by molar-refractivity contribution is -0.131. The monoisotopic (exact) mass is 399 g/mol. The van der Waals surface area contributed by atoms with Crippen molar-refractivity contribution in [3.8, 4) is 0 Å². The normalized spacial score (nSPS) is 22.1. The molecule has 0 saturated carbocycles. The van der Waals surface area contributed by atoms with E-state index in [0.29, 0.717) is 24.5 Å². The lowest BCUT2D eigenvalue weighted by atomic mass is 10.2. The number of carbonyl (C=O) groups excluding carboxylic acids is 1. The third-order valence-electron chi connectivity index (χ3n) is 5.04. The van der Waals surface area contributed by atoms with E-state index in [-0.39, 0.29) is 19.0 Å². The van der Waals surface area contributed by atoms with Crippen molar-refractivity contribution in [1.82, 2.24) is 13.5 Å². The number of likely N-dealkylation sites (tertiary alicyclic amines) is 1. The molecular formula is C18H26ClN3O3S. The van der Waals surface area contributed by atoms with Crippen LogP contribution in [-0.2, 0) is 21.5 Å². The summed E-state index contributed by atoms with van der Waals surface area (Å²) >= 11 is 6.18. The van der Waals surface area contributed by atoms with E-state index in [1.165, 1.54) is 8.61 Å². The molecule has 0 bridgehead atoms. The molecule has 1 amide bonds. The molecule has 2 aliphatic rings. The van der Waals surface area contributed by atoms with Crippen LogP contribution in [0.4, 0.5) is 0 Å². The van der Waals surface area contributed by atoms with Crippen LogP contribution in [0.1, 0.15) is 37.7 Å². The largest absolute Gasteiger partial charge is 0.342 e. The maximum atomic E-state index is 13.0. The second-order valence-corrected chi connectivity index (χ2v) is 9.25. The number of benzene rings is 1. The van der Waals surface area contributed by atoms with Gasteiger partial charge in [0, 0.05) is 37.7 Å². The molecule has 0 N–H and O–H groups in total. The molecule has 1 aromatic rings. The van der Waals surface area contributed by atoms with E-state index in [1.807, 2.05) is 23.1 Å². The number of rotatable bonds is 4. The molecule has 0 radical (unpaired) electrons.